The molecule has 0 radical (unpaired) electrons. The van der Waals surface area contributed by atoms with Gasteiger partial charge < -0.3 is 35.7 Å². The molecule has 0 aliphatic carbocycles. The molecule has 0 unspecified atom stereocenters. The number of carbonyl (C=O) groups is 4. The fourth-order valence-electron chi connectivity index (χ4n) is 10.6. The van der Waals surface area contributed by atoms with Gasteiger partial charge in [0.25, 0.3) is 0 Å². The molecule has 0 bridgehead atoms. The van der Waals surface area contributed by atoms with E-state index in [0.717, 1.165) is 51.4 Å². The van der Waals surface area contributed by atoms with Gasteiger partial charge in [0.2, 0.25) is 0 Å². The summed E-state index contributed by atoms with van der Waals surface area (Å²) in [5.41, 5.74) is 0. The molecule has 0 rings (SSSR count). The second-order valence-corrected chi connectivity index (χ2v) is 25.4. The summed E-state index contributed by atoms with van der Waals surface area (Å²) in [6.45, 7) is 8.35. The molecule has 0 atom stereocenters. The maximum Gasteiger partial charge on any atom is 0.303 e. The Morgan fingerprint density at radius 2 is 0.291 bits per heavy atom. The number of aliphatic hydroxyl groups is 3. The van der Waals surface area contributed by atoms with Crippen molar-refractivity contribution < 1.29 is 54.9 Å². The molecule has 11 heteroatoms. The van der Waals surface area contributed by atoms with Gasteiger partial charge in [-0.3, -0.25) is 19.2 Å². The topological polar surface area (TPSA) is 210 Å². The molecular weight excluding hydrogens is 1080 g/mol. The van der Waals surface area contributed by atoms with Gasteiger partial charge in [0.15, 0.2) is 0 Å². The van der Waals surface area contributed by atoms with Crippen molar-refractivity contribution in [2.75, 3.05) is 13.2 Å². The van der Waals surface area contributed by atoms with Crippen molar-refractivity contribution >= 4 is 23.9 Å². The predicted octanol–water partition coefficient (Wildman–Crippen LogP) is 23.7. The van der Waals surface area contributed by atoms with Gasteiger partial charge in [0, 0.05) is 25.7 Å². The van der Waals surface area contributed by atoms with Crippen molar-refractivity contribution in [3.05, 3.63) is 0 Å². The van der Waals surface area contributed by atoms with Crippen molar-refractivity contribution in [1.29, 1.82) is 0 Å². The zero-order valence-electron chi connectivity index (χ0n) is 58.0. The lowest BCUT2D eigenvalue weighted by atomic mass is 10.0. The maximum atomic E-state index is 10.3. The van der Waals surface area contributed by atoms with Gasteiger partial charge in [-0.1, -0.05) is 387 Å². The van der Waals surface area contributed by atoms with E-state index >= 15 is 0 Å². The van der Waals surface area contributed by atoms with Crippen molar-refractivity contribution in [2.24, 2.45) is 0 Å². The molecule has 0 aromatic carbocycles. The van der Waals surface area contributed by atoms with Crippen molar-refractivity contribution in [3.63, 3.8) is 0 Å². The molecular formula is C75H152O11. The highest BCUT2D eigenvalue weighted by Crippen LogP contribution is 2.18. The fourth-order valence-corrected chi connectivity index (χ4v) is 10.6. The molecule has 11 nitrogen and oxygen atoms in total. The molecule has 0 amide bonds. The minimum atomic E-state index is -0.954. The van der Waals surface area contributed by atoms with Crippen molar-refractivity contribution in [1.82, 2.24) is 0 Å². The Morgan fingerprint density at radius 3 is 0.360 bits per heavy atom. The number of hydrogen-bond acceptors (Lipinski definition) is 7. The summed E-state index contributed by atoms with van der Waals surface area (Å²) in [5.74, 6) is -2.61. The molecule has 7 N–H and O–H groups in total. The van der Waals surface area contributed by atoms with Crippen LogP contribution in [0.3, 0.4) is 0 Å². The highest BCUT2D eigenvalue weighted by atomic mass is 16.4. The monoisotopic (exact) mass is 1230 g/mol. The second kappa shape index (κ2) is 89.2. The predicted molar refractivity (Wildman–Crippen MR) is 369 cm³/mol. The van der Waals surface area contributed by atoms with Gasteiger partial charge in [-0.25, -0.2) is 0 Å². The van der Waals surface area contributed by atoms with Crippen LogP contribution in [0.15, 0.2) is 0 Å². The molecule has 0 saturated heterocycles. The van der Waals surface area contributed by atoms with Gasteiger partial charge in [-0.2, -0.15) is 0 Å². The number of aliphatic carboxylic acids is 4. The zero-order chi connectivity index (χ0) is 64.6. The summed E-state index contributed by atoms with van der Waals surface area (Å²) in [7, 11) is 0. The first-order chi connectivity index (χ1) is 41.9. The second-order valence-electron chi connectivity index (χ2n) is 25.4. The van der Waals surface area contributed by atoms with Crippen molar-refractivity contribution in [3.8, 4) is 0 Å². The van der Waals surface area contributed by atoms with E-state index < -0.39 is 30.0 Å². The van der Waals surface area contributed by atoms with E-state index in [1.54, 1.807) is 0 Å². The third-order valence-corrected chi connectivity index (χ3v) is 16.4. The summed E-state index contributed by atoms with van der Waals surface area (Å²) in [6, 6.07) is 0. The number of hydrogen-bond donors (Lipinski definition) is 7. The molecule has 0 fully saturated rings. The van der Waals surface area contributed by atoms with Crippen LogP contribution in [0.4, 0.5) is 0 Å². The summed E-state index contributed by atoms with van der Waals surface area (Å²) in [6.07, 6.45) is 79.8. The largest absolute Gasteiger partial charge is 0.481 e. The molecule has 86 heavy (non-hydrogen) atoms. The highest BCUT2D eigenvalue weighted by Gasteiger charge is 2.02. The average molecular weight is 1230 g/mol. The number of unbranched alkanes of at least 4 members (excludes halogenated alkanes) is 56. The Bertz CT molecular complexity index is 1070. The van der Waals surface area contributed by atoms with E-state index in [2.05, 4.69) is 27.7 Å². The number of carboxylic acid groups (broad SMARTS) is 4. The Kier molecular flexibility index (Phi) is 95.9. The van der Waals surface area contributed by atoms with Gasteiger partial charge in [0.1, 0.15) is 6.10 Å². The van der Waals surface area contributed by atoms with Crippen LogP contribution in [0.5, 0.6) is 0 Å². The molecule has 0 saturated carbocycles. The van der Waals surface area contributed by atoms with E-state index in [9.17, 15) is 19.2 Å². The third-order valence-electron chi connectivity index (χ3n) is 16.4. The van der Waals surface area contributed by atoms with E-state index in [1.165, 1.54) is 334 Å². The van der Waals surface area contributed by atoms with Gasteiger partial charge in [-0.05, 0) is 25.7 Å². The van der Waals surface area contributed by atoms with E-state index in [1.807, 2.05) is 0 Å². The molecule has 0 aromatic heterocycles. The van der Waals surface area contributed by atoms with Crippen molar-refractivity contribution in [2.45, 2.75) is 445 Å². The van der Waals surface area contributed by atoms with Crippen LogP contribution in [0.25, 0.3) is 0 Å². The standard InChI is InChI=1S/4C18H36O2.C3H8O3/c4*1-2-3-4-5-6-7-8-9-10-11-12-13-14-15-16-17-18(19)20;4-1-3(6)2-5/h4*2-17H2,1H3,(H,19,20);3-6H,1-2H2. The van der Waals surface area contributed by atoms with Crippen LogP contribution in [-0.2, 0) is 19.2 Å². The first-order valence-corrected chi connectivity index (χ1v) is 37.7. The fraction of sp³-hybridized carbons (Fsp3) is 0.947. The summed E-state index contributed by atoms with van der Waals surface area (Å²) in [4.78, 5) is 41.3. The average Bonchev–Trinajstić information content (AvgIpc) is 3.49. The number of carboxylic acids is 4. The highest BCUT2D eigenvalue weighted by molar-refractivity contribution is 5.67. The smallest absolute Gasteiger partial charge is 0.303 e. The van der Waals surface area contributed by atoms with E-state index in [0.29, 0.717) is 25.7 Å². The van der Waals surface area contributed by atoms with Crippen LogP contribution in [-0.4, -0.2) is 78.9 Å². The van der Waals surface area contributed by atoms with E-state index in [-0.39, 0.29) is 13.2 Å². The van der Waals surface area contributed by atoms with Crippen LogP contribution in [0, 0.1) is 0 Å². The van der Waals surface area contributed by atoms with E-state index in [4.69, 9.17) is 35.7 Å². The van der Waals surface area contributed by atoms with Gasteiger partial charge >= 0.3 is 23.9 Å². The van der Waals surface area contributed by atoms with Gasteiger partial charge in [0.05, 0.1) is 13.2 Å². The summed E-state index contributed by atoms with van der Waals surface area (Å²) in [5, 5.41) is 58.1. The Morgan fingerprint density at radius 1 is 0.198 bits per heavy atom. The SMILES string of the molecule is CCCCCCCCCCCCCCCCCC(=O)O.CCCCCCCCCCCCCCCCCC(=O)O.CCCCCCCCCCCCCCCCCC(=O)O.CCCCCCCCCCCCCCCCCC(=O)O.OCC(O)CO. The molecule has 518 valence electrons. The lowest BCUT2D eigenvalue weighted by Crippen LogP contribution is -2.15. The zero-order valence-corrected chi connectivity index (χ0v) is 58.0. The van der Waals surface area contributed by atoms with Crippen LogP contribution < -0.4 is 0 Å². The molecule has 0 spiro atoms. The minimum Gasteiger partial charge on any atom is -0.481 e. The molecule has 0 aliphatic rings. The van der Waals surface area contributed by atoms with Gasteiger partial charge in [-0.15, -0.1) is 0 Å². The summed E-state index contributed by atoms with van der Waals surface area (Å²) < 4.78 is 0. The summed E-state index contributed by atoms with van der Waals surface area (Å²) >= 11 is 0. The number of aliphatic hydroxyl groups excluding tert-OH is 3. The van der Waals surface area contributed by atoms with Crippen LogP contribution in [0.1, 0.15) is 439 Å². The first kappa shape index (κ1) is 92.5. The molecule has 0 aliphatic heterocycles. The first-order valence-electron chi connectivity index (χ1n) is 37.7. The molecule has 0 heterocycles. The lowest BCUT2D eigenvalue weighted by molar-refractivity contribution is -0.138. The normalized spacial score (nSPS) is 10.8. The quantitative estimate of drug-likeness (QED) is 0.0285. The molecule has 0 aromatic rings. The Labute approximate surface area is 534 Å². The Hall–Kier alpha value is -2.24. The minimum absolute atomic E-state index is 0.345. The van der Waals surface area contributed by atoms with Crippen LogP contribution in [0.2, 0.25) is 0 Å². The number of rotatable bonds is 66. The Balaban J connectivity index is -0.000000328. The van der Waals surface area contributed by atoms with Crippen LogP contribution >= 0.6 is 0 Å². The lowest BCUT2D eigenvalue weighted by Gasteiger charge is -2.03. The third kappa shape index (κ3) is 110. The maximum absolute atomic E-state index is 10.3.